The predicted octanol–water partition coefficient (Wildman–Crippen LogP) is 4.15. The summed E-state index contributed by atoms with van der Waals surface area (Å²) in [6.45, 7) is 0. The van der Waals surface area contributed by atoms with E-state index in [0.717, 1.165) is 0 Å². The fourth-order valence-corrected chi connectivity index (χ4v) is 0.995. The van der Waals surface area contributed by atoms with Crippen molar-refractivity contribution in [2.24, 2.45) is 0 Å². The number of ether oxygens (including phenoxy) is 1. The third kappa shape index (κ3) is 2.93. The van der Waals surface area contributed by atoms with Gasteiger partial charge in [-0.3, -0.25) is 0 Å². The van der Waals surface area contributed by atoms with Gasteiger partial charge in [0.05, 0.1) is 5.02 Å². The zero-order chi connectivity index (χ0) is 13.4. The lowest BCUT2D eigenvalue weighted by Gasteiger charge is -2.20. The number of alkyl halides is 5. The highest BCUT2D eigenvalue weighted by Gasteiger charge is 2.61. The molecule has 0 saturated heterocycles. The summed E-state index contributed by atoms with van der Waals surface area (Å²) in [6, 6.07) is 0.334. The molecule has 0 amide bonds. The van der Waals surface area contributed by atoms with Crippen LogP contribution in [-0.2, 0) is 0 Å². The van der Waals surface area contributed by atoms with E-state index in [9.17, 15) is 30.7 Å². The standard InChI is InChI=1S/C8H2ClF7O/c9-4-1-3(2-5(10)6(4)11)17-8(15,16)7(12,13)14/h1-2H. The maximum atomic E-state index is 12.6. The molecule has 1 aromatic carbocycles. The Bertz CT molecular complexity index is 405. The van der Waals surface area contributed by atoms with E-state index in [1.807, 2.05) is 0 Å². The molecule has 1 rings (SSSR count). The van der Waals surface area contributed by atoms with Gasteiger partial charge in [0.25, 0.3) is 0 Å². The first-order chi connectivity index (χ1) is 7.54. The van der Waals surface area contributed by atoms with Gasteiger partial charge in [-0.2, -0.15) is 22.0 Å². The van der Waals surface area contributed by atoms with Crippen LogP contribution in [0.5, 0.6) is 5.75 Å². The van der Waals surface area contributed by atoms with Crippen molar-refractivity contribution in [1.82, 2.24) is 0 Å². The molecule has 96 valence electrons. The lowest BCUT2D eigenvalue weighted by molar-refractivity contribution is -0.360. The molecule has 0 bridgehead atoms. The van der Waals surface area contributed by atoms with Crippen molar-refractivity contribution in [1.29, 1.82) is 0 Å². The van der Waals surface area contributed by atoms with Crippen LogP contribution in [0.3, 0.4) is 0 Å². The Hall–Kier alpha value is -1.18. The van der Waals surface area contributed by atoms with Crippen LogP contribution in [0.2, 0.25) is 5.02 Å². The van der Waals surface area contributed by atoms with E-state index in [1.165, 1.54) is 0 Å². The number of hydrogen-bond acceptors (Lipinski definition) is 1. The Balaban J connectivity index is 3.05. The lowest BCUT2D eigenvalue weighted by atomic mass is 10.3. The summed E-state index contributed by atoms with van der Waals surface area (Å²) in [4.78, 5) is 0. The van der Waals surface area contributed by atoms with Crippen LogP contribution in [0.4, 0.5) is 30.7 Å². The van der Waals surface area contributed by atoms with Gasteiger partial charge in [-0.15, -0.1) is 0 Å². The Morgan fingerprint density at radius 1 is 1.00 bits per heavy atom. The molecule has 0 aliphatic carbocycles. The molecule has 0 aromatic heterocycles. The van der Waals surface area contributed by atoms with Gasteiger partial charge in [-0.05, 0) is 0 Å². The van der Waals surface area contributed by atoms with Crippen LogP contribution < -0.4 is 4.74 Å². The summed E-state index contributed by atoms with van der Waals surface area (Å²) < 4.78 is 88.4. The van der Waals surface area contributed by atoms with Crippen molar-refractivity contribution >= 4 is 11.6 Å². The molecule has 0 spiro atoms. The number of benzene rings is 1. The molecule has 17 heavy (non-hydrogen) atoms. The highest BCUT2D eigenvalue weighted by Crippen LogP contribution is 2.38. The van der Waals surface area contributed by atoms with E-state index in [4.69, 9.17) is 11.6 Å². The molecule has 9 heteroatoms. The average molecular weight is 283 g/mol. The Morgan fingerprint density at radius 2 is 1.53 bits per heavy atom. The van der Waals surface area contributed by atoms with Gasteiger partial charge in [-0.1, -0.05) is 11.6 Å². The third-order valence-electron chi connectivity index (χ3n) is 1.53. The Morgan fingerprint density at radius 3 is 1.94 bits per heavy atom. The molecule has 0 heterocycles. The van der Waals surface area contributed by atoms with Gasteiger partial charge in [0.15, 0.2) is 11.6 Å². The van der Waals surface area contributed by atoms with Gasteiger partial charge in [0, 0.05) is 12.1 Å². The first kappa shape index (κ1) is 13.9. The molecule has 0 aliphatic heterocycles. The summed E-state index contributed by atoms with van der Waals surface area (Å²) in [7, 11) is 0. The van der Waals surface area contributed by atoms with Gasteiger partial charge in [0.1, 0.15) is 5.75 Å². The fourth-order valence-electron chi connectivity index (χ4n) is 0.797. The van der Waals surface area contributed by atoms with Crippen molar-refractivity contribution in [3.05, 3.63) is 28.8 Å². The van der Waals surface area contributed by atoms with E-state index in [-0.39, 0.29) is 6.07 Å². The largest absolute Gasteiger partial charge is 0.499 e. The van der Waals surface area contributed by atoms with Crippen molar-refractivity contribution in [3.8, 4) is 5.75 Å². The van der Waals surface area contributed by atoms with Crippen LogP contribution in [0.15, 0.2) is 12.1 Å². The van der Waals surface area contributed by atoms with Crippen LogP contribution in [0.25, 0.3) is 0 Å². The van der Waals surface area contributed by atoms with Gasteiger partial charge in [0.2, 0.25) is 0 Å². The van der Waals surface area contributed by atoms with E-state index < -0.39 is 34.7 Å². The molecule has 0 atom stereocenters. The quantitative estimate of drug-likeness (QED) is 0.585. The molecule has 0 unspecified atom stereocenters. The van der Waals surface area contributed by atoms with E-state index >= 15 is 0 Å². The smallest absolute Gasteiger partial charge is 0.426 e. The molecule has 0 saturated carbocycles. The second kappa shape index (κ2) is 4.25. The van der Waals surface area contributed by atoms with Crippen LogP contribution >= 0.6 is 11.6 Å². The lowest BCUT2D eigenvalue weighted by Crippen LogP contribution is -2.41. The van der Waals surface area contributed by atoms with Gasteiger partial charge >= 0.3 is 12.3 Å². The van der Waals surface area contributed by atoms with Gasteiger partial charge < -0.3 is 4.74 Å². The summed E-state index contributed by atoms with van der Waals surface area (Å²) in [6.07, 6.45) is -11.5. The van der Waals surface area contributed by atoms with Crippen LogP contribution in [-0.4, -0.2) is 12.3 Å². The summed E-state index contributed by atoms with van der Waals surface area (Å²) in [5.74, 6) is -4.52. The van der Waals surface area contributed by atoms with Crippen LogP contribution in [0, 0.1) is 11.6 Å². The van der Waals surface area contributed by atoms with Crippen molar-refractivity contribution in [2.45, 2.75) is 12.3 Å². The minimum atomic E-state index is -5.98. The first-order valence-corrected chi connectivity index (χ1v) is 4.20. The molecule has 0 aliphatic rings. The zero-order valence-corrected chi connectivity index (χ0v) is 8.34. The highest BCUT2D eigenvalue weighted by molar-refractivity contribution is 6.30. The SMILES string of the molecule is Fc1cc(OC(F)(F)C(F)(F)F)cc(Cl)c1F. The monoisotopic (exact) mass is 282 g/mol. The summed E-state index contributed by atoms with van der Waals surface area (Å²) in [5, 5.41) is -0.974. The molecular formula is C8H2ClF7O. The van der Waals surface area contributed by atoms with Gasteiger partial charge in [-0.25, -0.2) is 8.78 Å². The number of halogens is 8. The summed E-state index contributed by atoms with van der Waals surface area (Å²) in [5.41, 5.74) is 0. The van der Waals surface area contributed by atoms with E-state index in [1.54, 1.807) is 0 Å². The maximum absolute atomic E-state index is 12.6. The normalized spacial score (nSPS) is 12.7. The number of hydrogen-bond donors (Lipinski definition) is 0. The third-order valence-corrected chi connectivity index (χ3v) is 1.81. The average Bonchev–Trinajstić information content (AvgIpc) is 2.11. The molecule has 0 N–H and O–H groups in total. The second-order valence-corrected chi connectivity index (χ2v) is 3.22. The van der Waals surface area contributed by atoms with E-state index in [2.05, 4.69) is 4.74 Å². The molecule has 1 aromatic rings. The molecular weight excluding hydrogens is 281 g/mol. The van der Waals surface area contributed by atoms with Crippen LogP contribution in [0.1, 0.15) is 0 Å². The zero-order valence-electron chi connectivity index (χ0n) is 7.59. The minimum Gasteiger partial charge on any atom is -0.426 e. The van der Waals surface area contributed by atoms with Crippen molar-refractivity contribution < 1.29 is 35.5 Å². The molecule has 1 nitrogen and oxygen atoms in total. The van der Waals surface area contributed by atoms with E-state index in [0.29, 0.717) is 6.07 Å². The predicted molar refractivity (Wildman–Crippen MR) is 43.0 cm³/mol. The van der Waals surface area contributed by atoms with Crippen molar-refractivity contribution in [2.75, 3.05) is 0 Å². The topological polar surface area (TPSA) is 9.23 Å². The Labute approximate surface area is 94.7 Å². The first-order valence-electron chi connectivity index (χ1n) is 3.82. The summed E-state index contributed by atoms with van der Waals surface area (Å²) >= 11 is 5.04. The molecule has 0 fully saturated rings. The second-order valence-electron chi connectivity index (χ2n) is 2.82. The Kier molecular flexibility index (Phi) is 3.47. The minimum absolute atomic E-state index is 0.0286. The number of rotatable bonds is 2. The maximum Gasteiger partial charge on any atom is 0.499 e. The van der Waals surface area contributed by atoms with Crippen molar-refractivity contribution in [3.63, 3.8) is 0 Å². The highest BCUT2D eigenvalue weighted by atomic mass is 35.5. The molecule has 0 radical (unpaired) electrons. The fraction of sp³-hybridized carbons (Fsp3) is 0.250.